The van der Waals surface area contributed by atoms with Crippen molar-refractivity contribution in [3.05, 3.63) is 22.8 Å². The van der Waals surface area contributed by atoms with Crippen LogP contribution in [0.4, 0.5) is 5.82 Å². The van der Waals surface area contributed by atoms with Crippen molar-refractivity contribution < 1.29 is 9.59 Å². The second kappa shape index (κ2) is 5.32. The zero-order valence-electron chi connectivity index (χ0n) is 8.37. The summed E-state index contributed by atoms with van der Waals surface area (Å²) in [4.78, 5) is 25.7. The zero-order valence-corrected chi connectivity index (χ0v) is 9.12. The first-order chi connectivity index (χ1) is 7.50. The first-order valence-electron chi connectivity index (χ1n) is 4.48. The molecule has 1 aromatic rings. The molecule has 1 heterocycles. The van der Waals surface area contributed by atoms with Crippen molar-refractivity contribution in [1.82, 2.24) is 10.3 Å². The SMILES string of the molecule is NC(=O)CCNC(=O)c1cc(N)ncc1Cl. The highest BCUT2D eigenvalue weighted by Crippen LogP contribution is 2.16. The van der Waals surface area contributed by atoms with E-state index in [9.17, 15) is 9.59 Å². The van der Waals surface area contributed by atoms with Crippen LogP contribution in [-0.2, 0) is 4.79 Å². The highest BCUT2D eigenvalue weighted by molar-refractivity contribution is 6.33. The van der Waals surface area contributed by atoms with Gasteiger partial charge in [0, 0.05) is 19.2 Å². The Labute approximate surface area is 97.0 Å². The first kappa shape index (κ1) is 12.3. The third-order valence-electron chi connectivity index (χ3n) is 1.78. The van der Waals surface area contributed by atoms with E-state index in [1.54, 1.807) is 0 Å². The maximum absolute atomic E-state index is 11.6. The molecule has 0 aliphatic heterocycles. The number of pyridine rings is 1. The van der Waals surface area contributed by atoms with Crippen LogP contribution in [0.25, 0.3) is 0 Å². The number of aromatic nitrogens is 1. The van der Waals surface area contributed by atoms with Gasteiger partial charge in [-0.1, -0.05) is 11.6 Å². The van der Waals surface area contributed by atoms with Gasteiger partial charge >= 0.3 is 0 Å². The molecule has 0 bridgehead atoms. The van der Waals surface area contributed by atoms with Crippen LogP contribution in [-0.4, -0.2) is 23.3 Å². The number of nitrogen functional groups attached to an aromatic ring is 1. The van der Waals surface area contributed by atoms with E-state index in [2.05, 4.69) is 10.3 Å². The molecule has 0 aromatic carbocycles. The minimum atomic E-state index is -0.486. The first-order valence-corrected chi connectivity index (χ1v) is 4.86. The van der Waals surface area contributed by atoms with E-state index in [1.807, 2.05) is 0 Å². The normalized spacial score (nSPS) is 9.81. The lowest BCUT2D eigenvalue weighted by atomic mass is 10.2. The molecule has 0 saturated heterocycles. The summed E-state index contributed by atoms with van der Waals surface area (Å²) in [5, 5.41) is 2.69. The number of nitrogens with zero attached hydrogens (tertiary/aromatic N) is 1. The Bertz CT molecular complexity index is 422. The van der Waals surface area contributed by atoms with E-state index in [0.29, 0.717) is 0 Å². The molecular formula is C9H11ClN4O2. The van der Waals surface area contributed by atoms with Crippen LogP contribution in [0.2, 0.25) is 5.02 Å². The number of carbonyl (C=O) groups excluding carboxylic acids is 2. The van der Waals surface area contributed by atoms with Crippen molar-refractivity contribution in [1.29, 1.82) is 0 Å². The molecule has 2 amide bonds. The van der Waals surface area contributed by atoms with Crippen LogP contribution >= 0.6 is 11.6 Å². The van der Waals surface area contributed by atoms with Gasteiger partial charge in [-0.3, -0.25) is 9.59 Å². The molecule has 0 aliphatic carbocycles. The highest BCUT2D eigenvalue weighted by Gasteiger charge is 2.10. The van der Waals surface area contributed by atoms with Gasteiger partial charge in [-0.15, -0.1) is 0 Å². The number of nitrogens with two attached hydrogens (primary N) is 2. The number of hydrogen-bond acceptors (Lipinski definition) is 4. The van der Waals surface area contributed by atoms with Gasteiger partial charge in [-0.2, -0.15) is 0 Å². The number of rotatable bonds is 4. The Morgan fingerprint density at radius 1 is 1.50 bits per heavy atom. The minimum absolute atomic E-state index is 0.0733. The number of anilines is 1. The van der Waals surface area contributed by atoms with Gasteiger partial charge in [0.2, 0.25) is 5.91 Å². The van der Waals surface area contributed by atoms with E-state index >= 15 is 0 Å². The fourth-order valence-corrected chi connectivity index (χ4v) is 1.21. The van der Waals surface area contributed by atoms with Gasteiger partial charge in [0.05, 0.1) is 10.6 Å². The summed E-state index contributed by atoms with van der Waals surface area (Å²) >= 11 is 5.76. The predicted molar refractivity (Wildman–Crippen MR) is 59.8 cm³/mol. The number of amides is 2. The van der Waals surface area contributed by atoms with Gasteiger partial charge in [0.15, 0.2) is 0 Å². The van der Waals surface area contributed by atoms with Crippen LogP contribution in [0, 0.1) is 0 Å². The molecule has 6 nitrogen and oxygen atoms in total. The van der Waals surface area contributed by atoms with E-state index < -0.39 is 11.8 Å². The van der Waals surface area contributed by atoms with Gasteiger partial charge < -0.3 is 16.8 Å². The monoisotopic (exact) mass is 242 g/mol. The summed E-state index contributed by atoms with van der Waals surface area (Å²) in [5.74, 6) is -0.703. The average molecular weight is 243 g/mol. The summed E-state index contributed by atoms with van der Waals surface area (Å²) in [5.41, 5.74) is 10.6. The fourth-order valence-electron chi connectivity index (χ4n) is 1.02. The van der Waals surface area contributed by atoms with Crippen molar-refractivity contribution in [3.8, 4) is 0 Å². The van der Waals surface area contributed by atoms with E-state index in [0.717, 1.165) is 0 Å². The zero-order chi connectivity index (χ0) is 12.1. The van der Waals surface area contributed by atoms with Gasteiger partial charge in [-0.25, -0.2) is 4.98 Å². The second-order valence-electron chi connectivity index (χ2n) is 3.06. The van der Waals surface area contributed by atoms with Crippen molar-refractivity contribution in [2.75, 3.05) is 12.3 Å². The molecule has 7 heteroatoms. The van der Waals surface area contributed by atoms with Crippen LogP contribution < -0.4 is 16.8 Å². The third-order valence-corrected chi connectivity index (χ3v) is 2.08. The Morgan fingerprint density at radius 3 is 2.81 bits per heavy atom. The van der Waals surface area contributed by atoms with E-state index in [1.165, 1.54) is 12.3 Å². The minimum Gasteiger partial charge on any atom is -0.384 e. The van der Waals surface area contributed by atoms with E-state index in [-0.39, 0.29) is 29.4 Å². The van der Waals surface area contributed by atoms with Gasteiger partial charge in [-0.05, 0) is 6.07 Å². The van der Waals surface area contributed by atoms with Crippen LogP contribution in [0.1, 0.15) is 16.8 Å². The largest absolute Gasteiger partial charge is 0.384 e. The maximum Gasteiger partial charge on any atom is 0.253 e. The fraction of sp³-hybridized carbons (Fsp3) is 0.222. The number of carbonyl (C=O) groups is 2. The highest BCUT2D eigenvalue weighted by atomic mass is 35.5. The van der Waals surface area contributed by atoms with Crippen LogP contribution in [0.3, 0.4) is 0 Å². The van der Waals surface area contributed by atoms with E-state index in [4.69, 9.17) is 23.1 Å². The summed E-state index contributed by atoms with van der Waals surface area (Å²) in [6, 6.07) is 1.36. The smallest absolute Gasteiger partial charge is 0.253 e. The third kappa shape index (κ3) is 3.39. The van der Waals surface area contributed by atoms with Crippen molar-refractivity contribution in [3.63, 3.8) is 0 Å². The van der Waals surface area contributed by atoms with Gasteiger partial charge in [0.25, 0.3) is 5.91 Å². The molecule has 0 aliphatic rings. The number of halogens is 1. The summed E-state index contributed by atoms with van der Waals surface area (Å²) in [6.07, 6.45) is 1.36. The average Bonchev–Trinajstić information content (AvgIpc) is 2.21. The van der Waals surface area contributed by atoms with Gasteiger partial charge in [0.1, 0.15) is 5.82 Å². The molecule has 0 atom stereocenters. The lowest BCUT2D eigenvalue weighted by Crippen LogP contribution is -2.28. The molecule has 0 spiro atoms. The molecule has 5 N–H and O–H groups in total. The molecule has 1 aromatic heterocycles. The van der Waals surface area contributed by atoms with Crippen molar-refractivity contribution in [2.24, 2.45) is 5.73 Å². The molecular weight excluding hydrogens is 232 g/mol. The van der Waals surface area contributed by atoms with Crippen molar-refractivity contribution in [2.45, 2.75) is 6.42 Å². The number of nitrogens with one attached hydrogen (secondary N) is 1. The predicted octanol–water partition coefficient (Wildman–Crippen LogP) is -0.0776. The van der Waals surface area contributed by atoms with Crippen LogP contribution in [0.5, 0.6) is 0 Å². The molecule has 0 fully saturated rings. The Hall–Kier alpha value is -1.82. The Kier molecular flexibility index (Phi) is 4.07. The lowest BCUT2D eigenvalue weighted by molar-refractivity contribution is -0.117. The Morgan fingerprint density at radius 2 is 2.19 bits per heavy atom. The van der Waals surface area contributed by atoms with Crippen LogP contribution in [0.15, 0.2) is 12.3 Å². The summed E-state index contributed by atoms with van der Waals surface area (Å²) < 4.78 is 0. The molecule has 0 radical (unpaired) electrons. The quantitative estimate of drug-likeness (QED) is 0.686. The summed E-state index contributed by atoms with van der Waals surface area (Å²) in [6.45, 7) is 0.159. The molecule has 0 unspecified atom stereocenters. The van der Waals surface area contributed by atoms with Crippen molar-refractivity contribution >= 4 is 29.2 Å². The maximum atomic E-state index is 11.6. The number of hydrogen-bond donors (Lipinski definition) is 3. The lowest BCUT2D eigenvalue weighted by Gasteiger charge is -2.05. The standard InChI is InChI=1S/C9H11ClN4O2/c10-6-4-14-7(11)3-5(6)9(16)13-2-1-8(12)15/h3-4H,1-2H2,(H2,11,14)(H2,12,15)(H,13,16). The molecule has 16 heavy (non-hydrogen) atoms. The topological polar surface area (TPSA) is 111 Å². The molecule has 0 saturated carbocycles. The molecule has 1 rings (SSSR count). The molecule has 86 valence electrons. The Balaban J connectivity index is 2.65. The number of primary amides is 1. The summed E-state index contributed by atoms with van der Waals surface area (Å²) in [7, 11) is 0. The second-order valence-corrected chi connectivity index (χ2v) is 3.47.